The number of rotatable bonds is 3. The Balaban J connectivity index is 0.00000225. The van der Waals surface area contributed by atoms with Crippen LogP contribution in [0.2, 0.25) is 0 Å². The van der Waals surface area contributed by atoms with Crippen LogP contribution in [0.25, 0.3) is 0 Å². The van der Waals surface area contributed by atoms with Crippen LogP contribution in [0.4, 0.5) is 12.9 Å². The summed E-state index contributed by atoms with van der Waals surface area (Å²) in [5.41, 5.74) is 0. The van der Waals surface area contributed by atoms with Crippen molar-refractivity contribution < 1.29 is 64.3 Å². The predicted octanol–water partition coefficient (Wildman–Crippen LogP) is -1.21. The standard InChI is InChI=1S/C9H19BF3N2.K/c1-3-14-5-4-6-15(9(2)7-14)8-10(11,12)13;/h9H,3-8H2,1-2H3;/q-1;+1. The molecule has 2 nitrogen and oxygen atoms in total. The zero-order chi connectivity index (χ0) is 11.5. The van der Waals surface area contributed by atoms with E-state index in [-0.39, 0.29) is 57.4 Å². The van der Waals surface area contributed by atoms with Gasteiger partial charge in [0.25, 0.3) is 0 Å². The van der Waals surface area contributed by atoms with E-state index in [2.05, 4.69) is 11.8 Å². The van der Waals surface area contributed by atoms with Gasteiger partial charge in [0, 0.05) is 12.6 Å². The van der Waals surface area contributed by atoms with Gasteiger partial charge in [-0.3, -0.25) is 0 Å². The number of halogens is 3. The fourth-order valence-electron chi connectivity index (χ4n) is 2.12. The number of likely N-dealkylation sites (N-methyl/N-ethyl adjacent to an activating group) is 1. The van der Waals surface area contributed by atoms with E-state index < -0.39 is 13.4 Å². The zero-order valence-electron chi connectivity index (χ0n) is 10.4. The molecule has 0 bridgehead atoms. The molecule has 1 rings (SSSR count). The molecule has 0 aromatic carbocycles. The van der Waals surface area contributed by atoms with Crippen LogP contribution >= 0.6 is 0 Å². The van der Waals surface area contributed by atoms with Crippen LogP contribution in [0, 0.1) is 0 Å². The molecule has 0 aromatic heterocycles. The molecule has 7 heteroatoms. The molecule has 0 aromatic rings. The van der Waals surface area contributed by atoms with E-state index in [1.54, 1.807) is 4.90 Å². The average molecular weight is 262 g/mol. The van der Waals surface area contributed by atoms with Gasteiger partial charge in [0.2, 0.25) is 0 Å². The second-order valence-electron chi connectivity index (χ2n) is 4.30. The molecule has 0 saturated carbocycles. The minimum atomic E-state index is -4.69. The maximum atomic E-state index is 12.3. The first kappa shape index (κ1) is 17.4. The van der Waals surface area contributed by atoms with Crippen molar-refractivity contribution in [2.24, 2.45) is 0 Å². The molecule has 1 atom stereocenters. The Bertz CT molecular complexity index is 204. The van der Waals surface area contributed by atoms with Gasteiger partial charge in [-0.1, -0.05) is 6.92 Å². The molecule has 1 fully saturated rings. The molecule has 0 aliphatic carbocycles. The van der Waals surface area contributed by atoms with Gasteiger partial charge >= 0.3 is 58.4 Å². The van der Waals surface area contributed by atoms with Crippen molar-refractivity contribution in [1.29, 1.82) is 0 Å². The maximum absolute atomic E-state index is 12.3. The fraction of sp³-hybridized carbons (Fsp3) is 1.00. The van der Waals surface area contributed by atoms with E-state index in [0.717, 1.165) is 26.1 Å². The number of nitrogens with zero attached hydrogens (tertiary/aromatic N) is 2. The first-order chi connectivity index (χ1) is 6.92. The van der Waals surface area contributed by atoms with Gasteiger partial charge in [-0.2, -0.15) is 0 Å². The van der Waals surface area contributed by atoms with Crippen molar-refractivity contribution in [3.05, 3.63) is 0 Å². The summed E-state index contributed by atoms with van der Waals surface area (Å²) in [5, 5.41) is 0. The van der Waals surface area contributed by atoms with Crippen LogP contribution < -0.4 is 51.4 Å². The Labute approximate surface area is 138 Å². The SMILES string of the molecule is CCN1CCCN(C[B-](F)(F)F)C(C)C1.[K+]. The van der Waals surface area contributed by atoms with Crippen molar-refractivity contribution >= 4 is 6.98 Å². The molecular formula is C9H19BF3KN2. The summed E-state index contributed by atoms with van der Waals surface area (Å²) >= 11 is 0. The minimum absolute atomic E-state index is 0. The van der Waals surface area contributed by atoms with Gasteiger partial charge in [-0.05, 0) is 39.4 Å². The summed E-state index contributed by atoms with van der Waals surface area (Å²) in [6.07, 6.45) is 0.128. The third-order valence-electron chi connectivity index (χ3n) is 2.95. The first-order valence-corrected chi connectivity index (χ1v) is 5.59. The summed E-state index contributed by atoms with van der Waals surface area (Å²) in [6.45, 7) is 2.42. The van der Waals surface area contributed by atoms with Gasteiger partial charge in [0.05, 0.1) is 0 Å². The van der Waals surface area contributed by atoms with Crippen molar-refractivity contribution in [3.8, 4) is 0 Å². The van der Waals surface area contributed by atoms with Gasteiger partial charge < -0.3 is 22.7 Å². The van der Waals surface area contributed by atoms with E-state index in [4.69, 9.17) is 0 Å². The van der Waals surface area contributed by atoms with Crippen molar-refractivity contribution in [3.63, 3.8) is 0 Å². The van der Waals surface area contributed by atoms with Crippen LogP contribution in [0.5, 0.6) is 0 Å². The van der Waals surface area contributed by atoms with Gasteiger partial charge in [0.1, 0.15) is 0 Å². The topological polar surface area (TPSA) is 6.48 Å². The fourth-order valence-corrected chi connectivity index (χ4v) is 2.12. The zero-order valence-corrected chi connectivity index (χ0v) is 13.5. The van der Waals surface area contributed by atoms with Crippen LogP contribution in [0.1, 0.15) is 20.3 Å². The normalized spacial score (nSPS) is 24.9. The smallest absolute Gasteiger partial charge is 0.448 e. The summed E-state index contributed by atoms with van der Waals surface area (Å²) in [4.78, 5) is 3.78. The second-order valence-corrected chi connectivity index (χ2v) is 4.30. The van der Waals surface area contributed by atoms with Crippen LogP contribution in [-0.2, 0) is 0 Å². The molecule has 1 unspecified atom stereocenters. The molecule has 1 heterocycles. The van der Waals surface area contributed by atoms with Crippen molar-refractivity contribution in [1.82, 2.24) is 9.80 Å². The minimum Gasteiger partial charge on any atom is -0.448 e. The summed E-state index contributed by atoms with van der Waals surface area (Å²) < 4.78 is 37.0. The summed E-state index contributed by atoms with van der Waals surface area (Å²) in [7, 11) is 0. The third kappa shape index (κ3) is 6.37. The van der Waals surface area contributed by atoms with Crippen molar-refractivity contribution in [2.75, 3.05) is 32.6 Å². The van der Waals surface area contributed by atoms with E-state index in [9.17, 15) is 12.9 Å². The first-order valence-electron chi connectivity index (χ1n) is 5.59. The molecule has 16 heavy (non-hydrogen) atoms. The monoisotopic (exact) mass is 262 g/mol. The van der Waals surface area contributed by atoms with Crippen LogP contribution in [0.3, 0.4) is 0 Å². The average Bonchev–Trinajstić information content (AvgIpc) is 2.27. The molecule has 1 aliphatic heterocycles. The number of hydrogen-bond donors (Lipinski definition) is 0. The maximum Gasteiger partial charge on any atom is 1.00 e. The van der Waals surface area contributed by atoms with Crippen LogP contribution in [-0.4, -0.2) is 55.4 Å². The Morgan fingerprint density at radius 3 is 2.38 bits per heavy atom. The van der Waals surface area contributed by atoms with E-state index in [1.807, 2.05) is 6.92 Å². The largest absolute Gasteiger partial charge is 1.00 e. The molecule has 0 spiro atoms. The van der Waals surface area contributed by atoms with Crippen LogP contribution in [0.15, 0.2) is 0 Å². The predicted molar refractivity (Wildman–Crippen MR) is 56.8 cm³/mol. The molecule has 0 amide bonds. The Morgan fingerprint density at radius 2 is 1.88 bits per heavy atom. The molecule has 1 saturated heterocycles. The van der Waals surface area contributed by atoms with E-state index in [0.29, 0.717) is 6.54 Å². The second kappa shape index (κ2) is 7.76. The van der Waals surface area contributed by atoms with Gasteiger partial charge in [0.15, 0.2) is 0 Å². The summed E-state index contributed by atoms with van der Waals surface area (Å²) in [6, 6.07) is 0.0101. The number of hydrogen-bond acceptors (Lipinski definition) is 2. The Hall–Kier alpha value is 1.41. The quantitative estimate of drug-likeness (QED) is 0.589. The van der Waals surface area contributed by atoms with E-state index >= 15 is 0 Å². The van der Waals surface area contributed by atoms with Gasteiger partial charge in [-0.15, -0.1) is 0 Å². The third-order valence-corrected chi connectivity index (χ3v) is 2.95. The molecular weight excluding hydrogens is 243 g/mol. The molecule has 0 N–H and O–H groups in total. The Kier molecular flexibility index (Phi) is 8.44. The molecule has 0 radical (unpaired) electrons. The van der Waals surface area contributed by atoms with Gasteiger partial charge in [-0.25, -0.2) is 0 Å². The molecule has 1 aliphatic rings. The summed E-state index contributed by atoms with van der Waals surface area (Å²) in [5.74, 6) is 0. The van der Waals surface area contributed by atoms with E-state index in [1.165, 1.54) is 0 Å². The Morgan fingerprint density at radius 1 is 1.25 bits per heavy atom. The molecule has 90 valence electrons. The van der Waals surface area contributed by atoms with Crippen molar-refractivity contribution in [2.45, 2.75) is 26.3 Å².